The predicted molar refractivity (Wildman–Crippen MR) is 129 cm³/mol. The summed E-state index contributed by atoms with van der Waals surface area (Å²) in [5, 5.41) is 3.08. The molecule has 0 radical (unpaired) electrons. The van der Waals surface area contributed by atoms with Crippen LogP contribution in [0.5, 0.6) is 0 Å². The molecule has 2 heterocycles. The van der Waals surface area contributed by atoms with Gasteiger partial charge in [0.2, 0.25) is 0 Å². The van der Waals surface area contributed by atoms with Crippen molar-refractivity contribution in [3.05, 3.63) is 40.7 Å². The fraction of sp³-hybridized carbons (Fsp3) is 0.630. The van der Waals surface area contributed by atoms with Gasteiger partial charge in [-0.2, -0.15) is 0 Å². The minimum atomic E-state index is 0.0468. The van der Waals surface area contributed by atoms with Crippen LogP contribution >= 0.6 is 0 Å². The minimum absolute atomic E-state index is 0.0468. The molecule has 0 spiro atoms. The topological polar surface area (TPSA) is 57.8 Å². The van der Waals surface area contributed by atoms with Gasteiger partial charge in [-0.05, 0) is 36.8 Å². The van der Waals surface area contributed by atoms with Gasteiger partial charge in [-0.3, -0.25) is 4.79 Å². The molecule has 0 fully saturated rings. The Bertz CT molecular complexity index is 825. The zero-order chi connectivity index (χ0) is 22.1. The lowest BCUT2D eigenvalue weighted by Gasteiger charge is -2.21. The monoisotopic (exact) mass is 423 g/mol. The molecule has 0 unspecified atom stereocenters. The van der Waals surface area contributed by atoms with E-state index in [9.17, 15) is 4.79 Å². The van der Waals surface area contributed by atoms with Crippen LogP contribution in [0.2, 0.25) is 0 Å². The predicted octanol–water partition coefficient (Wildman–Crippen LogP) is 7.43. The Balaban J connectivity index is 1.80. The van der Waals surface area contributed by atoms with E-state index in [-0.39, 0.29) is 5.91 Å². The third-order valence-electron chi connectivity index (χ3n) is 6.71. The molecule has 1 aromatic heterocycles. The van der Waals surface area contributed by atoms with Gasteiger partial charge >= 0.3 is 0 Å². The molecule has 2 aromatic rings. The average molecular weight is 424 g/mol. The maximum Gasteiger partial charge on any atom is 0.252 e. The Kier molecular flexibility index (Phi) is 9.17. The van der Waals surface area contributed by atoms with Crippen molar-refractivity contribution in [2.75, 3.05) is 0 Å². The van der Waals surface area contributed by atoms with Crippen LogP contribution < -0.4 is 5.32 Å². The lowest BCUT2D eigenvalue weighted by Crippen LogP contribution is -2.13. The number of hydrogen-bond donors (Lipinski definition) is 2. The summed E-state index contributed by atoms with van der Waals surface area (Å²) in [7, 11) is 0. The van der Waals surface area contributed by atoms with Crippen molar-refractivity contribution in [3.63, 3.8) is 0 Å². The van der Waals surface area contributed by atoms with Crippen LogP contribution in [0.3, 0.4) is 0 Å². The van der Waals surface area contributed by atoms with Crippen molar-refractivity contribution in [1.29, 1.82) is 0 Å². The molecule has 3 rings (SSSR count). The van der Waals surface area contributed by atoms with Gasteiger partial charge in [-0.15, -0.1) is 0 Å². The van der Waals surface area contributed by atoms with Crippen LogP contribution in [0.1, 0.15) is 124 Å². The van der Waals surface area contributed by atoms with Crippen LogP contribution in [0.4, 0.5) is 0 Å². The molecule has 0 atom stereocenters. The summed E-state index contributed by atoms with van der Waals surface area (Å²) < 4.78 is 0. The van der Waals surface area contributed by atoms with Crippen molar-refractivity contribution in [3.8, 4) is 11.4 Å². The summed E-state index contributed by atoms with van der Waals surface area (Å²) >= 11 is 0. The third kappa shape index (κ3) is 6.21. The maximum absolute atomic E-state index is 12.8. The molecule has 0 saturated heterocycles. The van der Waals surface area contributed by atoms with Crippen molar-refractivity contribution < 1.29 is 4.79 Å². The number of carbonyl (C=O) groups is 1. The van der Waals surface area contributed by atoms with E-state index >= 15 is 0 Å². The molecule has 31 heavy (non-hydrogen) atoms. The van der Waals surface area contributed by atoms with Gasteiger partial charge in [0, 0.05) is 24.0 Å². The Morgan fingerprint density at radius 1 is 0.935 bits per heavy atom. The average Bonchev–Trinajstić information content (AvgIpc) is 3.38. The molecule has 1 amide bonds. The van der Waals surface area contributed by atoms with E-state index in [0.29, 0.717) is 12.5 Å². The molecule has 170 valence electrons. The Morgan fingerprint density at radius 2 is 1.58 bits per heavy atom. The molecule has 0 bridgehead atoms. The number of aromatic nitrogens is 2. The Hall–Kier alpha value is -2.10. The fourth-order valence-electron chi connectivity index (χ4n) is 4.94. The fourth-order valence-corrected chi connectivity index (χ4v) is 4.94. The van der Waals surface area contributed by atoms with Gasteiger partial charge < -0.3 is 10.3 Å². The molecule has 2 N–H and O–H groups in total. The molecule has 1 aromatic carbocycles. The number of aryl methyl sites for hydroxylation is 1. The molecule has 1 aliphatic rings. The van der Waals surface area contributed by atoms with Gasteiger partial charge in [0.1, 0.15) is 5.82 Å². The largest absolute Gasteiger partial charge is 0.348 e. The van der Waals surface area contributed by atoms with Crippen molar-refractivity contribution >= 4 is 5.91 Å². The van der Waals surface area contributed by atoms with Crippen LogP contribution in [0.25, 0.3) is 11.4 Å². The van der Waals surface area contributed by atoms with Gasteiger partial charge in [0.05, 0.1) is 5.56 Å². The number of H-pyrrole nitrogens is 1. The van der Waals surface area contributed by atoms with Crippen molar-refractivity contribution in [1.82, 2.24) is 15.3 Å². The van der Waals surface area contributed by atoms with Crippen LogP contribution in [-0.2, 0) is 6.54 Å². The summed E-state index contributed by atoms with van der Waals surface area (Å²) in [5.41, 5.74) is 5.40. The van der Waals surface area contributed by atoms with Crippen LogP contribution in [0, 0.1) is 6.92 Å². The molecular weight excluding hydrogens is 382 g/mol. The highest BCUT2D eigenvalue weighted by Crippen LogP contribution is 2.37. The first kappa shape index (κ1) is 23.6. The van der Waals surface area contributed by atoms with E-state index in [1.165, 1.54) is 88.2 Å². The summed E-state index contributed by atoms with van der Waals surface area (Å²) in [4.78, 5) is 20.6. The number of imidazole rings is 1. The number of aromatic amines is 1. The first-order valence-corrected chi connectivity index (χ1v) is 12.6. The zero-order valence-electron chi connectivity index (χ0n) is 19.9. The van der Waals surface area contributed by atoms with Crippen molar-refractivity contribution in [2.45, 2.75) is 110 Å². The first-order chi connectivity index (χ1) is 15.2. The maximum atomic E-state index is 12.8. The molecule has 0 aliphatic carbocycles. The number of unbranched alkanes of at least 4 members (excludes halogenated alkanes) is 8. The normalized spacial score (nSPS) is 13.1. The quantitative estimate of drug-likeness (QED) is 0.310. The molecule has 1 aliphatic heterocycles. The second kappa shape index (κ2) is 12.1. The number of carbonyl (C=O) groups excluding carboxylic acids is 1. The summed E-state index contributed by atoms with van der Waals surface area (Å²) in [6, 6.07) is 4.41. The molecule has 0 saturated carbocycles. The first-order valence-electron chi connectivity index (χ1n) is 12.6. The number of benzene rings is 1. The van der Waals surface area contributed by atoms with E-state index < -0.39 is 0 Å². The number of fused-ring (bicyclic) bond motifs is 1. The SMILES string of the molecule is CCCCCCCC(CCCCCCC)c1ccc(-c2ncc(C)[nH]2)c2c1CNC2=O. The van der Waals surface area contributed by atoms with E-state index in [1.807, 2.05) is 13.1 Å². The smallest absolute Gasteiger partial charge is 0.252 e. The van der Waals surface area contributed by atoms with E-state index in [1.54, 1.807) is 0 Å². The minimum Gasteiger partial charge on any atom is -0.348 e. The molecular formula is C27H41N3O. The number of nitrogens with zero attached hydrogens (tertiary/aromatic N) is 1. The summed E-state index contributed by atoms with van der Waals surface area (Å²) in [6.07, 6.45) is 17.5. The summed E-state index contributed by atoms with van der Waals surface area (Å²) in [5.74, 6) is 1.40. The highest BCUT2D eigenvalue weighted by atomic mass is 16.1. The van der Waals surface area contributed by atoms with Gasteiger partial charge in [0.15, 0.2) is 0 Å². The van der Waals surface area contributed by atoms with Crippen LogP contribution in [-0.4, -0.2) is 15.9 Å². The second-order valence-corrected chi connectivity index (χ2v) is 9.26. The Labute approximate surface area is 188 Å². The molecule has 4 heteroatoms. The van der Waals surface area contributed by atoms with Gasteiger partial charge in [0.25, 0.3) is 5.91 Å². The third-order valence-corrected chi connectivity index (χ3v) is 6.71. The highest BCUT2D eigenvalue weighted by Gasteiger charge is 2.29. The second-order valence-electron chi connectivity index (χ2n) is 9.26. The zero-order valence-corrected chi connectivity index (χ0v) is 19.9. The number of hydrogen-bond acceptors (Lipinski definition) is 2. The standard InChI is InChI=1S/C27H41N3O/c1-4-6-8-10-12-14-21(15-13-11-9-7-5-2)22-16-17-23(26-28-18-20(3)30-26)25-24(22)19-29-27(25)31/h16-18,21H,4-15,19H2,1-3H3,(H,28,30)(H,29,31). The van der Waals surface area contributed by atoms with Crippen molar-refractivity contribution in [2.24, 2.45) is 0 Å². The van der Waals surface area contributed by atoms with Crippen LogP contribution in [0.15, 0.2) is 18.3 Å². The van der Waals surface area contributed by atoms with E-state index in [4.69, 9.17) is 0 Å². The number of rotatable bonds is 14. The summed E-state index contributed by atoms with van der Waals surface area (Å²) in [6.45, 7) is 7.19. The highest BCUT2D eigenvalue weighted by molar-refractivity contribution is 6.04. The lowest BCUT2D eigenvalue weighted by atomic mass is 9.83. The van der Waals surface area contributed by atoms with Gasteiger partial charge in [-0.25, -0.2) is 4.98 Å². The lowest BCUT2D eigenvalue weighted by molar-refractivity contribution is 0.0966. The van der Waals surface area contributed by atoms with E-state index in [2.05, 4.69) is 41.3 Å². The molecule has 4 nitrogen and oxygen atoms in total. The Morgan fingerprint density at radius 3 is 2.16 bits per heavy atom. The van der Waals surface area contributed by atoms with Gasteiger partial charge in [-0.1, -0.05) is 90.2 Å². The van der Waals surface area contributed by atoms with E-state index in [0.717, 1.165) is 22.6 Å². The number of nitrogens with one attached hydrogen (secondary N) is 2. The number of amides is 1.